The molecule has 1 aromatic rings. The second kappa shape index (κ2) is 3.39. The Labute approximate surface area is 106 Å². The van der Waals surface area contributed by atoms with E-state index in [2.05, 4.69) is 0 Å². The number of esters is 1. The number of hydrogen-bond acceptors (Lipinski definition) is 10. The molecule has 0 spiro atoms. The van der Waals surface area contributed by atoms with E-state index in [0.717, 1.165) is 0 Å². The maximum Gasteiger partial charge on any atom is 0.350 e. The number of phenolic OH excluding ortho intramolecular Hbond substituents is 2. The molecule has 0 radical (unpaired) electrons. The molecular weight excluding hydrogens is 256 g/mol. The minimum absolute atomic E-state index is 0.259. The number of phenols is 2. The Hall–Kier alpha value is -2.27. The first-order chi connectivity index (χ1) is 8.53. The van der Waals surface area contributed by atoms with Crippen molar-refractivity contribution in [3.05, 3.63) is 5.56 Å². The van der Waals surface area contributed by atoms with Crippen LogP contribution in [0.15, 0.2) is 0 Å². The van der Waals surface area contributed by atoms with Gasteiger partial charge in [-0.3, -0.25) is 0 Å². The van der Waals surface area contributed by atoms with Crippen LogP contribution in [-0.4, -0.2) is 21.8 Å². The van der Waals surface area contributed by atoms with E-state index in [0.29, 0.717) is 0 Å². The Morgan fingerprint density at radius 1 is 0.895 bits per heavy atom. The fraction of sp³-hybridized carbons (Fsp3) is 0.222. The number of ether oxygens (including phenoxy) is 1. The zero-order valence-corrected chi connectivity index (χ0v) is 9.68. The lowest BCUT2D eigenvalue weighted by Gasteiger charge is -2.43. The fourth-order valence-corrected chi connectivity index (χ4v) is 1.81. The lowest BCUT2D eigenvalue weighted by Crippen LogP contribution is -2.79. The molecule has 0 fully saturated rings. The van der Waals surface area contributed by atoms with Crippen LogP contribution in [-0.2, 0) is 10.5 Å². The molecule has 14 N–H and O–H groups in total. The van der Waals surface area contributed by atoms with Crippen molar-refractivity contribution >= 4 is 17.3 Å². The molecule has 0 amide bonds. The van der Waals surface area contributed by atoms with Crippen LogP contribution in [0, 0.1) is 0 Å². The van der Waals surface area contributed by atoms with Crippen LogP contribution in [0.25, 0.3) is 0 Å². The van der Waals surface area contributed by atoms with Gasteiger partial charge >= 0.3 is 5.97 Å². The number of nitrogen functional groups attached to an aromatic ring is 2. The number of benzene rings is 1. The van der Waals surface area contributed by atoms with E-state index in [-0.39, 0.29) is 11.3 Å². The zero-order chi connectivity index (χ0) is 14.7. The predicted molar refractivity (Wildman–Crippen MR) is 65.4 cm³/mol. The molecule has 1 heterocycles. The summed E-state index contributed by atoms with van der Waals surface area (Å²) in [6.45, 7) is 0. The van der Waals surface area contributed by atoms with Gasteiger partial charge in [-0.2, -0.15) is 0 Å². The Bertz CT molecular complexity index is 597. The predicted octanol–water partition coefficient (Wildman–Crippen LogP) is -3.13. The molecule has 104 valence electrons. The molecule has 0 aromatic heterocycles. The number of carbonyl (C=O) groups excluding carboxylic acids is 1. The summed E-state index contributed by atoms with van der Waals surface area (Å²) in [5.41, 5.74) is 28.1. The van der Waals surface area contributed by atoms with Gasteiger partial charge in [-0.15, -0.1) is 0 Å². The van der Waals surface area contributed by atoms with Crippen LogP contribution < -0.4 is 39.1 Å². The van der Waals surface area contributed by atoms with E-state index in [4.69, 9.17) is 39.1 Å². The molecule has 1 aromatic carbocycles. The number of hydrogen-bond donors (Lipinski definition) is 8. The van der Waals surface area contributed by atoms with Crippen molar-refractivity contribution in [2.75, 3.05) is 11.5 Å². The number of rotatable bonds is 0. The summed E-state index contributed by atoms with van der Waals surface area (Å²) in [6, 6.07) is 0. The van der Waals surface area contributed by atoms with Crippen LogP contribution in [0.2, 0.25) is 0 Å². The quantitative estimate of drug-likeness (QED) is 0.0777. The molecule has 10 heteroatoms. The van der Waals surface area contributed by atoms with Gasteiger partial charge in [0.15, 0.2) is 17.2 Å². The van der Waals surface area contributed by atoms with Crippen LogP contribution in [0.3, 0.4) is 0 Å². The molecule has 0 saturated heterocycles. The van der Waals surface area contributed by atoms with Crippen LogP contribution >= 0.6 is 0 Å². The van der Waals surface area contributed by atoms with Crippen LogP contribution in [0.4, 0.5) is 11.4 Å². The first-order valence-electron chi connectivity index (χ1n) is 5.04. The second-order valence-corrected chi connectivity index (χ2v) is 4.36. The first-order valence-corrected chi connectivity index (χ1v) is 5.04. The summed E-state index contributed by atoms with van der Waals surface area (Å²) in [7, 11) is 0. The maximum atomic E-state index is 11.7. The largest absolute Gasteiger partial charge is 0.503 e. The third-order valence-electron chi connectivity index (χ3n) is 3.11. The highest BCUT2D eigenvalue weighted by molar-refractivity contribution is 5.93. The Kier molecular flexibility index (Phi) is 2.35. The topological polar surface area (TPSA) is 223 Å². The maximum absolute atomic E-state index is 11.7. The minimum atomic E-state index is -2.29. The third kappa shape index (κ3) is 1.36. The van der Waals surface area contributed by atoms with Gasteiger partial charge in [-0.1, -0.05) is 0 Å². The van der Waals surface area contributed by atoms with Gasteiger partial charge in [-0.25, -0.2) is 4.79 Å². The Morgan fingerprint density at radius 2 is 1.37 bits per heavy atom. The summed E-state index contributed by atoms with van der Waals surface area (Å²) in [5.74, 6) is -3.05. The molecule has 2 rings (SSSR count). The molecule has 0 saturated carbocycles. The smallest absolute Gasteiger partial charge is 0.350 e. The van der Waals surface area contributed by atoms with Gasteiger partial charge < -0.3 is 49.4 Å². The lowest BCUT2D eigenvalue weighted by atomic mass is 9.83. The molecular formula is C9H14N6O4. The van der Waals surface area contributed by atoms with Crippen LogP contribution in [0.1, 0.15) is 5.56 Å². The highest BCUT2D eigenvalue weighted by Gasteiger charge is 2.56. The van der Waals surface area contributed by atoms with Crippen molar-refractivity contribution < 1.29 is 19.7 Å². The Morgan fingerprint density at radius 3 is 1.89 bits per heavy atom. The highest BCUT2D eigenvalue weighted by atomic mass is 16.5. The van der Waals surface area contributed by atoms with E-state index in [9.17, 15) is 15.0 Å². The van der Waals surface area contributed by atoms with E-state index in [1.54, 1.807) is 0 Å². The standard InChI is InChI=1S/C9H14N6O4/c10-2-1-6(3(11)5(17)4(2)16)19-7(18)9(14,15)8(1,12)13/h16-17H,10-15H2. The third-order valence-corrected chi connectivity index (χ3v) is 3.11. The number of carbonyl (C=O) groups is 1. The lowest BCUT2D eigenvalue weighted by molar-refractivity contribution is -0.145. The normalized spacial score (nSPS) is 19.7. The number of fused-ring (bicyclic) bond motifs is 1. The van der Waals surface area contributed by atoms with Crippen molar-refractivity contribution in [2.24, 2.45) is 22.9 Å². The molecule has 0 aliphatic carbocycles. The van der Waals surface area contributed by atoms with Gasteiger partial charge in [0, 0.05) is 0 Å². The van der Waals surface area contributed by atoms with Crippen molar-refractivity contribution in [3.8, 4) is 17.2 Å². The SMILES string of the molecule is Nc1c(O)c(O)c(N)c2c1OC(=O)C(N)(N)C2(N)N. The van der Waals surface area contributed by atoms with Crippen molar-refractivity contribution in [3.63, 3.8) is 0 Å². The number of aromatic hydroxyl groups is 2. The molecule has 19 heavy (non-hydrogen) atoms. The fourth-order valence-electron chi connectivity index (χ4n) is 1.81. The number of nitrogens with two attached hydrogens (primary N) is 6. The minimum Gasteiger partial charge on any atom is -0.503 e. The van der Waals surface area contributed by atoms with Crippen LogP contribution in [0.5, 0.6) is 17.2 Å². The molecule has 1 aliphatic rings. The first kappa shape index (κ1) is 13.2. The van der Waals surface area contributed by atoms with Gasteiger partial charge in [0.25, 0.3) is 0 Å². The summed E-state index contributed by atoms with van der Waals surface area (Å²) in [6.07, 6.45) is 0. The average molecular weight is 270 g/mol. The zero-order valence-electron chi connectivity index (χ0n) is 9.68. The molecule has 0 unspecified atom stereocenters. The van der Waals surface area contributed by atoms with Crippen molar-refractivity contribution in [2.45, 2.75) is 11.3 Å². The molecule has 1 aliphatic heterocycles. The summed E-state index contributed by atoms with van der Waals surface area (Å²) < 4.78 is 4.81. The van der Waals surface area contributed by atoms with E-state index in [1.807, 2.05) is 0 Å². The summed E-state index contributed by atoms with van der Waals surface area (Å²) in [5, 5.41) is 19.2. The summed E-state index contributed by atoms with van der Waals surface area (Å²) in [4.78, 5) is 11.7. The Balaban J connectivity index is 2.91. The average Bonchev–Trinajstić information content (AvgIpc) is 2.31. The van der Waals surface area contributed by atoms with Crippen molar-refractivity contribution in [1.29, 1.82) is 0 Å². The van der Waals surface area contributed by atoms with Gasteiger partial charge in [0.2, 0.25) is 5.66 Å². The van der Waals surface area contributed by atoms with Gasteiger partial charge in [-0.05, 0) is 0 Å². The van der Waals surface area contributed by atoms with Gasteiger partial charge in [0.05, 0.1) is 11.3 Å². The van der Waals surface area contributed by atoms with Crippen molar-refractivity contribution in [1.82, 2.24) is 0 Å². The monoisotopic (exact) mass is 270 g/mol. The van der Waals surface area contributed by atoms with E-state index < -0.39 is 40.2 Å². The summed E-state index contributed by atoms with van der Waals surface area (Å²) >= 11 is 0. The molecule has 10 nitrogen and oxygen atoms in total. The second-order valence-electron chi connectivity index (χ2n) is 4.36. The van der Waals surface area contributed by atoms with Gasteiger partial charge in [0.1, 0.15) is 11.4 Å². The van der Waals surface area contributed by atoms with E-state index >= 15 is 0 Å². The number of anilines is 2. The molecule has 0 atom stereocenters. The van der Waals surface area contributed by atoms with E-state index in [1.165, 1.54) is 0 Å². The highest BCUT2D eigenvalue weighted by Crippen LogP contribution is 2.51. The molecule has 0 bridgehead atoms.